The molecule has 2 rings (SSSR count). The van der Waals surface area contributed by atoms with Crippen molar-refractivity contribution in [3.8, 4) is 11.5 Å². The predicted octanol–water partition coefficient (Wildman–Crippen LogP) is 3.98. The van der Waals surface area contributed by atoms with Gasteiger partial charge in [-0.1, -0.05) is 23.4 Å². The largest absolute Gasteiger partial charge is 0.493 e. The first-order valence-corrected chi connectivity index (χ1v) is 6.86. The average Bonchev–Trinajstić information content (AvgIpc) is 2.47. The zero-order valence-electron chi connectivity index (χ0n) is 11.2. The summed E-state index contributed by atoms with van der Waals surface area (Å²) in [5.74, 6) is 0.586. The van der Waals surface area contributed by atoms with Crippen LogP contribution in [0.15, 0.2) is 46.0 Å². The van der Waals surface area contributed by atoms with Crippen LogP contribution in [0.25, 0.3) is 0 Å². The number of nitrogens with zero attached hydrogens (tertiary/aromatic N) is 1. The second kappa shape index (κ2) is 7.08. The molecule has 1 N–H and O–H groups in total. The summed E-state index contributed by atoms with van der Waals surface area (Å²) in [6, 6.07) is 9.77. The van der Waals surface area contributed by atoms with E-state index < -0.39 is 0 Å². The van der Waals surface area contributed by atoms with Crippen LogP contribution in [0.4, 0.5) is 4.39 Å². The first-order valence-electron chi connectivity index (χ1n) is 6.07. The van der Waals surface area contributed by atoms with E-state index in [1.54, 1.807) is 30.3 Å². The van der Waals surface area contributed by atoms with Crippen molar-refractivity contribution in [1.29, 1.82) is 0 Å². The number of halogens is 2. The molecular formula is C15H13BrFNO3. The van der Waals surface area contributed by atoms with Crippen molar-refractivity contribution in [3.63, 3.8) is 0 Å². The average molecular weight is 354 g/mol. The van der Waals surface area contributed by atoms with Crippen LogP contribution in [0, 0.1) is 5.82 Å². The molecule has 2 aromatic rings. The molecular weight excluding hydrogens is 341 g/mol. The lowest BCUT2D eigenvalue weighted by atomic mass is 10.2. The maximum Gasteiger partial charge on any atom is 0.175 e. The molecule has 21 heavy (non-hydrogen) atoms. The number of hydrogen-bond acceptors (Lipinski definition) is 4. The molecule has 4 nitrogen and oxygen atoms in total. The molecule has 0 aliphatic rings. The molecule has 2 aromatic carbocycles. The summed E-state index contributed by atoms with van der Waals surface area (Å²) in [7, 11) is 1.50. The molecule has 0 radical (unpaired) electrons. The Morgan fingerprint density at radius 2 is 2.10 bits per heavy atom. The molecule has 0 fully saturated rings. The van der Waals surface area contributed by atoms with Gasteiger partial charge in [0.15, 0.2) is 11.5 Å². The second-order valence-electron chi connectivity index (χ2n) is 4.16. The summed E-state index contributed by atoms with van der Waals surface area (Å²) in [5, 5.41) is 11.5. The Balaban J connectivity index is 2.25. The van der Waals surface area contributed by atoms with E-state index in [0.29, 0.717) is 27.1 Å². The molecule has 0 unspecified atom stereocenters. The van der Waals surface area contributed by atoms with Crippen LogP contribution in [0.2, 0.25) is 0 Å². The molecule has 0 aliphatic heterocycles. The minimum atomic E-state index is -0.323. The third-order valence-electron chi connectivity index (χ3n) is 2.79. The van der Waals surface area contributed by atoms with E-state index in [1.807, 2.05) is 0 Å². The van der Waals surface area contributed by atoms with Gasteiger partial charge in [0.25, 0.3) is 0 Å². The standard InChI is InChI=1S/C15H13BrFNO3/c1-20-14-7-10(8-18-19)6-12(16)15(14)21-9-11-4-2-3-5-13(11)17/h2-8,19H,9H2,1H3/b18-8-. The third-order valence-corrected chi connectivity index (χ3v) is 3.38. The Morgan fingerprint density at radius 3 is 2.76 bits per heavy atom. The van der Waals surface area contributed by atoms with Crippen LogP contribution in [-0.4, -0.2) is 18.5 Å². The molecule has 0 saturated heterocycles. The summed E-state index contributed by atoms with van der Waals surface area (Å²) >= 11 is 3.36. The second-order valence-corrected chi connectivity index (χ2v) is 5.01. The van der Waals surface area contributed by atoms with Crippen LogP contribution in [0.5, 0.6) is 11.5 Å². The van der Waals surface area contributed by atoms with Gasteiger partial charge >= 0.3 is 0 Å². The lowest BCUT2D eigenvalue weighted by Crippen LogP contribution is -2.01. The van der Waals surface area contributed by atoms with Crippen molar-refractivity contribution >= 4 is 22.1 Å². The molecule has 0 aliphatic carbocycles. The van der Waals surface area contributed by atoms with E-state index in [9.17, 15) is 4.39 Å². The molecule has 110 valence electrons. The minimum Gasteiger partial charge on any atom is -0.493 e. The van der Waals surface area contributed by atoms with Gasteiger partial charge in [-0.2, -0.15) is 0 Å². The van der Waals surface area contributed by atoms with Crippen molar-refractivity contribution in [2.75, 3.05) is 7.11 Å². The highest BCUT2D eigenvalue weighted by Crippen LogP contribution is 2.36. The first-order chi connectivity index (χ1) is 10.2. The van der Waals surface area contributed by atoms with Crippen LogP contribution in [0.3, 0.4) is 0 Å². The van der Waals surface area contributed by atoms with E-state index >= 15 is 0 Å². The van der Waals surface area contributed by atoms with Crippen LogP contribution in [0.1, 0.15) is 11.1 Å². The summed E-state index contributed by atoms with van der Waals surface area (Å²) < 4.78 is 25.1. The smallest absolute Gasteiger partial charge is 0.175 e. The molecule has 0 spiro atoms. The van der Waals surface area contributed by atoms with Gasteiger partial charge in [-0.05, 0) is 34.1 Å². The van der Waals surface area contributed by atoms with Gasteiger partial charge in [0.2, 0.25) is 0 Å². The highest BCUT2D eigenvalue weighted by Gasteiger charge is 2.12. The Labute approximate surface area is 129 Å². The third kappa shape index (κ3) is 3.72. The van der Waals surface area contributed by atoms with Gasteiger partial charge < -0.3 is 14.7 Å². The maximum absolute atomic E-state index is 13.6. The molecule has 0 atom stereocenters. The Bertz CT molecular complexity index is 661. The number of ether oxygens (including phenoxy) is 2. The monoisotopic (exact) mass is 353 g/mol. The van der Waals surface area contributed by atoms with Crippen LogP contribution < -0.4 is 9.47 Å². The summed E-state index contributed by atoms with van der Waals surface area (Å²) in [5.41, 5.74) is 1.09. The molecule has 0 saturated carbocycles. The van der Waals surface area contributed by atoms with E-state index in [4.69, 9.17) is 14.7 Å². The van der Waals surface area contributed by atoms with Crippen molar-refractivity contribution < 1.29 is 19.1 Å². The Morgan fingerprint density at radius 1 is 1.33 bits per heavy atom. The van der Waals surface area contributed by atoms with Gasteiger partial charge in [0.05, 0.1) is 17.8 Å². The lowest BCUT2D eigenvalue weighted by Gasteiger charge is -2.13. The normalized spacial score (nSPS) is 10.8. The molecule has 6 heteroatoms. The number of rotatable bonds is 5. The number of methoxy groups -OCH3 is 1. The molecule has 0 heterocycles. The van der Waals surface area contributed by atoms with E-state index in [0.717, 1.165) is 0 Å². The van der Waals surface area contributed by atoms with E-state index in [-0.39, 0.29) is 12.4 Å². The fourth-order valence-corrected chi connectivity index (χ4v) is 2.36. The quantitative estimate of drug-likeness (QED) is 0.502. The van der Waals surface area contributed by atoms with Gasteiger partial charge in [0.1, 0.15) is 12.4 Å². The van der Waals surface area contributed by atoms with Gasteiger partial charge in [-0.15, -0.1) is 0 Å². The van der Waals surface area contributed by atoms with Gasteiger partial charge in [-0.3, -0.25) is 0 Å². The van der Waals surface area contributed by atoms with E-state index in [1.165, 1.54) is 19.4 Å². The number of oxime groups is 1. The molecule has 0 aromatic heterocycles. The first kappa shape index (κ1) is 15.3. The highest BCUT2D eigenvalue weighted by atomic mass is 79.9. The van der Waals surface area contributed by atoms with Gasteiger partial charge in [0, 0.05) is 11.1 Å². The van der Waals surface area contributed by atoms with Gasteiger partial charge in [-0.25, -0.2) is 4.39 Å². The number of benzene rings is 2. The Kier molecular flexibility index (Phi) is 5.16. The number of hydrogen-bond donors (Lipinski definition) is 1. The maximum atomic E-state index is 13.6. The van der Waals surface area contributed by atoms with Crippen molar-refractivity contribution in [2.24, 2.45) is 5.16 Å². The zero-order chi connectivity index (χ0) is 15.2. The van der Waals surface area contributed by atoms with Crippen LogP contribution in [-0.2, 0) is 6.61 Å². The lowest BCUT2D eigenvalue weighted by molar-refractivity contribution is 0.278. The zero-order valence-corrected chi connectivity index (χ0v) is 12.8. The SMILES string of the molecule is COc1cc(/C=N\O)cc(Br)c1OCc1ccccc1F. The van der Waals surface area contributed by atoms with E-state index in [2.05, 4.69) is 21.1 Å². The van der Waals surface area contributed by atoms with Crippen molar-refractivity contribution in [2.45, 2.75) is 6.61 Å². The fraction of sp³-hybridized carbons (Fsp3) is 0.133. The highest BCUT2D eigenvalue weighted by molar-refractivity contribution is 9.10. The predicted molar refractivity (Wildman–Crippen MR) is 80.8 cm³/mol. The molecule has 0 amide bonds. The van der Waals surface area contributed by atoms with Crippen molar-refractivity contribution in [3.05, 3.63) is 57.8 Å². The summed E-state index contributed by atoms with van der Waals surface area (Å²) in [6.07, 6.45) is 1.27. The summed E-state index contributed by atoms with van der Waals surface area (Å²) in [4.78, 5) is 0. The minimum absolute atomic E-state index is 0.0784. The van der Waals surface area contributed by atoms with Crippen LogP contribution >= 0.6 is 15.9 Å². The van der Waals surface area contributed by atoms with Crippen molar-refractivity contribution in [1.82, 2.24) is 0 Å². The summed E-state index contributed by atoms with van der Waals surface area (Å²) in [6.45, 7) is 0.0784. The Hall–Kier alpha value is -2.08. The fourth-order valence-electron chi connectivity index (χ4n) is 1.79. The topological polar surface area (TPSA) is 51.0 Å². The molecule has 0 bridgehead atoms.